The summed E-state index contributed by atoms with van der Waals surface area (Å²) in [5, 5.41) is 0. The Balaban J connectivity index is 2.10. The van der Waals surface area contributed by atoms with Gasteiger partial charge in [-0.3, -0.25) is 4.79 Å². The molecule has 226 valence electrons. The van der Waals surface area contributed by atoms with Gasteiger partial charge < -0.3 is 4.74 Å². The van der Waals surface area contributed by atoms with Crippen LogP contribution in [0.3, 0.4) is 0 Å². The van der Waals surface area contributed by atoms with Crippen LogP contribution >= 0.6 is 0 Å². The fourth-order valence-corrected chi connectivity index (χ4v) is 5.38. The second kappa shape index (κ2) is 22.6. The number of unbranched alkanes of at least 4 members (excludes halogenated alkanes) is 11. The highest BCUT2D eigenvalue weighted by Gasteiger charge is 2.26. The highest BCUT2D eigenvalue weighted by molar-refractivity contribution is 5.69. The van der Waals surface area contributed by atoms with E-state index in [1.54, 1.807) is 0 Å². The molecular weight excluding hydrogens is 488 g/mol. The maximum atomic E-state index is 12.0. The average molecular weight is 551 g/mol. The molecule has 2 heteroatoms. The summed E-state index contributed by atoms with van der Waals surface area (Å²) in [5.41, 5.74) is 5.64. The number of hydrogen-bond donors (Lipinski definition) is 0. The first-order valence-electron chi connectivity index (χ1n) is 16.5. The van der Waals surface area contributed by atoms with Crippen molar-refractivity contribution >= 4 is 5.97 Å². The minimum absolute atomic E-state index is 0.0770. The first-order valence-corrected chi connectivity index (χ1v) is 16.5. The smallest absolute Gasteiger partial charge is 0.306 e. The van der Waals surface area contributed by atoms with E-state index in [9.17, 15) is 4.79 Å². The van der Waals surface area contributed by atoms with Crippen LogP contribution in [0, 0.1) is 5.41 Å². The van der Waals surface area contributed by atoms with Crippen LogP contribution in [0.25, 0.3) is 0 Å². The van der Waals surface area contributed by atoms with Gasteiger partial charge in [-0.15, -0.1) is 0 Å². The number of rotatable bonds is 21. The van der Waals surface area contributed by atoms with E-state index in [-0.39, 0.29) is 11.4 Å². The van der Waals surface area contributed by atoms with E-state index in [1.807, 2.05) is 13.0 Å². The lowest BCUT2D eigenvalue weighted by Gasteiger charge is -2.32. The fourth-order valence-electron chi connectivity index (χ4n) is 5.38. The topological polar surface area (TPSA) is 26.3 Å². The van der Waals surface area contributed by atoms with Crippen LogP contribution in [0.1, 0.15) is 151 Å². The van der Waals surface area contributed by atoms with Gasteiger partial charge in [-0.2, -0.15) is 0 Å². The van der Waals surface area contributed by atoms with Crippen molar-refractivity contribution in [2.24, 2.45) is 5.41 Å². The molecule has 0 unspecified atom stereocenters. The number of esters is 1. The summed E-state index contributed by atoms with van der Waals surface area (Å²) in [4.78, 5) is 12.0. The zero-order valence-corrected chi connectivity index (χ0v) is 27.2. The molecule has 0 heterocycles. The molecule has 0 aromatic rings. The molecule has 0 aliphatic heterocycles. The van der Waals surface area contributed by atoms with Crippen LogP contribution < -0.4 is 0 Å². The van der Waals surface area contributed by atoms with Crippen LogP contribution in [0.2, 0.25) is 0 Å². The van der Waals surface area contributed by atoms with Crippen molar-refractivity contribution in [3.05, 3.63) is 70.9 Å². The van der Waals surface area contributed by atoms with E-state index < -0.39 is 0 Å². The average Bonchev–Trinajstić information content (AvgIpc) is 2.90. The van der Waals surface area contributed by atoms with Crippen molar-refractivity contribution in [2.45, 2.75) is 151 Å². The predicted octanol–water partition coefficient (Wildman–Crippen LogP) is 12.1. The third-order valence-electron chi connectivity index (χ3n) is 8.07. The standard InChI is InChI=1S/C38H62O2/c1-7-8-9-10-11-12-13-14-15-16-17-18-19-20-21-27-37(39)40-32-30-34(3)25-22-24-33(2)28-29-36-35(4)26-23-31-38(36,5)6/h11-12,22,24-25,28-30H,7-10,13-21,23,26-27,31-32H2,1-6H3/b12-11-,25-22?,29-28?,33-24?,34-30?. The third-order valence-corrected chi connectivity index (χ3v) is 8.07. The molecule has 0 fully saturated rings. The second-order valence-electron chi connectivity index (χ2n) is 12.5. The SMILES string of the molecule is CCCCC/C=C\CCCCCCCCCCC(=O)OCC=C(C)C=CC=C(C)C=CC1=C(C)CCCC1(C)C. The van der Waals surface area contributed by atoms with Gasteiger partial charge >= 0.3 is 5.97 Å². The summed E-state index contributed by atoms with van der Waals surface area (Å²) < 4.78 is 5.41. The van der Waals surface area contributed by atoms with Crippen LogP contribution in [-0.4, -0.2) is 12.6 Å². The van der Waals surface area contributed by atoms with E-state index in [4.69, 9.17) is 4.74 Å². The number of carbonyl (C=O) groups is 1. The zero-order chi connectivity index (χ0) is 29.5. The Morgan fingerprint density at radius 3 is 2.12 bits per heavy atom. The molecule has 2 nitrogen and oxygen atoms in total. The molecule has 0 N–H and O–H groups in total. The van der Waals surface area contributed by atoms with Gasteiger partial charge in [-0.25, -0.2) is 0 Å². The molecule has 40 heavy (non-hydrogen) atoms. The molecule has 0 radical (unpaired) electrons. The molecule has 0 atom stereocenters. The Hall–Kier alpha value is -2.09. The van der Waals surface area contributed by atoms with Gasteiger partial charge in [0.15, 0.2) is 0 Å². The zero-order valence-electron chi connectivity index (χ0n) is 27.2. The molecule has 0 amide bonds. The molecule has 0 aromatic heterocycles. The molecule has 0 aromatic carbocycles. The minimum Gasteiger partial charge on any atom is -0.461 e. The van der Waals surface area contributed by atoms with Gasteiger partial charge in [0.1, 0.15) is 6.61 Å². The molecule has 0 spiro atoms. The van der Waals surface area contributed by atoms with Gasteiger partial charge in [0.05, 0.1) is 0 Å². The van der Waals surface area contributed by atoms with Crippen LogP contribution in [0.4, 0.5) is 0 Å². The van der Waals surface area contributed by atoms with Crippen molar-refractivity contribution in [3.8, 4) is 0 Å². The molecule has 1 aliphatic rings. The number of allylic oxidation sites excluding steroid dienone is 11. The molecule has 1 rings (SSSR count). The molecule has 0 saturated carbocycles. The van der Waals surface area contributed by atoms with Gasteiger partial charge in [0, 0.05) is 6.42 Å². The Morgan fingerprint density at radius 2 is 1.48 bits per heavy atom. The lowest BCUT2D eigenvalue weighted by atomic mass is 9.72. The van der Waals surface area contributed by atoms with Crippen LogP contribution in [-0.2, 0) is 9.53 Å². The first-order chi connectivity index (χ1) is 19.3. The monoisotopic (exact) mass is 550 g/mol. The van der Waals surface area contributed by atoms with Crippen LogP contribution in [0.5, 0.6) is 0 Å². The number of hydrogen-bond acceptors (Lipinski definition) is 2. The summed E-state index contributed by atoms with van der Waals surface area (Å²) in [6.45, 7) is 13.8. The summed E-state index contributed by atoms with van der Waals surface area (Å²) >= 11 is 0. The largest absolute Gasteiger partial charge is 0.461 e. The minimum atomic E-state index is -0.0770. The Kier molecular flexibility index (Phi) is 20.3. The van der Waals surface area contributed by atoms with Crippen molar-refractivity contribution in [1.82, 2.24) is 0 Å². The summed E-state index contributed by atoms with van der Waals surface area (Å²) in [6, 6.07) is 0. The second-order valence-corrected chi connectivity index (χ2v) is 12.5. The molecular formula is C38H62O2. The van der Waals surface area contributed by atoms with Crippen molar-refractivity contribution in [3.63, 3.8) is 0 Å². The lowest BCUT2D eigenvalue weighted by molar-refractivity contribution is -0.142. The highest BCUT2D eigenvalue weighted by Crippen LogP contribution is 2.40. The number of ether oxygens (including phenoxy) is 1. The van der Waals surface area contributed by atoms with E-state index in [0.717, 1.165) is 18.4 Å². The molecule has 0 saturated heterocycles. The lowest BCUT2D eigenvalue weighted by Crippen LogP contribution is -2.19. The van der Waals surface area contributed by atoms with Crippen molar-refractivity contribution in [2.75, 3.05) is 6.61 Å². The van der Waals surface area contributed by atoms with Gasteiger partial charge in [0.25, 0.3) is 0 Å². The predicted molar refractivity (Wildman–Crippen MR) is 177 cm³/mol. The highest BCUT2D eigenvalue weighted by atomic mass is 16.5. The maximum absolute atomic E-state index is 12.0. The summed E-state index contributed by atoms with van der Waals surface area (Å²) in [6.07, 6.45) is 38.3. The normalized spacial score (nSPS) is 16.6. The van der Waals surface area contributed by atoms with E-state index in [1.165, 1.54) is 107 Å². The van der Waals surface area contributed by atoms with E-state index >= 15 is 0 Å². The van der Waals surface area contributed by atoms with Gasteiger partial charge in [0.2, 0.25) is 0 Å². The summed E-state index contributed by atoms with van der Waals surface area (Å²) in [7, 11) is 0. The van der Waals surface area contributed by atoms with Crippen molar-refractivity contribution in [1.29, 1.82) is 0 Å². The summed E-state index contributed by atoms with van der Waals surface area (Å²) in [5.74, 6) is -0.0770. The van der Waals surface area contributed by atoms with E-state index in [2.05, 4.69) is 77.2 Å². The van der Waals surface area contributed by atoms with Gasteiger partial charge in [-0.1, -0.05) is 131 Å². The van der Waals surface area contributed by atoms with Crippen molar-refractivity contribution < 1.29 is 9.53 Å². The Morgan fingerprint density at radius 1 is 0.850 bits per heavy atom. The number of carbonyl (C=O) groups excluding carboxylic acids is 1. The van der Waals surface area contributed by atoms with Gasteiger partial charge in [-0.05, 0) is 89.2 Å². The Labute approximate surface area is 248 Å². The third kappa shape index (κ3) is 18.3. The quantitative estimate of drug-likeness (QED) is 0.0615. The molecule has 0 bridgehead atoms. The van der Waals surface area contributed by atoms with Crippen LogP contribution in [0.15, 0.2) is 70.9 Å². The first kappa shape index (κ1) is 35.9. The van der Waals surface area contributed by atoms with E-state index in [0.29, 0.717) is 13.0 Å². The maximum Gasteiger partial charge on any atom is 0.306 e. The fraction of sp³-hybridized carbons (Fsp3) is 0.658. The Bertz CT molecular complexity index is 875. The molecule has 1 aliphatic carbocycles.